The van der Waals surface area contributed by atoms with E-state index in [1.54, 1.807) is 0 Å². The number of piperidine rings is 1. The maximum atomic E-state index is 12.2. The molecule has 2 atom stereocenters. The maximum Gasteiger partial charge on any atom is 0.246 e. The zero-order valence-corrected chi connectivity index (χ0v) is 26.8. The molecule has 0 radical (unpaired) electrons. The highest BCUT2D eigenvalue weighted by molar-refractivity contribution is 7.16. The van der Waals surface area contributed by atoms with E-state index in [1.165, 1.54) is 49.8 Å². The van der Waals surface area contributed by atoms with Gasteiger partial charge >= 0.3 is 0 Å². The number of thiophene rings is 1. The fourth-order valence-electron chi connectivity index (χ4n) is 7.67. The van der Waals surface area contributed by atoms with Gasteiger partial charge in [0.2, 0.25) is 17.6 Å². The van der Waals surface area contributed by atoms with Crippen molar-refractivity contribution in [1.29, 1.82) is 5.26 Å². The number of anilines is 3. The average molecular weight is 628 g/mol. The number of amides is 1. The standard InChI is InChI=1S/C33H41N9O2S/c1-3-28(43)41-16-14-40(15-17-41)23-18-25(36-27(19-23)42-13-9-22(21-42)39-11-5-4-6-12-39)31-37-32(44-38-31)33(2)10-7-8-26-29(33)24(20-34)30(35)45-26/h3,18-19,22H,1,4-17,21,35H2,2H3. The molecule has 236 valence electrons. The van der Waals surface area contributed by atoms with Crippen molar-refractivity contribution in [2.24, 2.45) is 0 Å². The number of rotatable bonds is 6. The van der Waals surface area contributed by atoms with Crippen LogP contribution in [0.15, 0.2) is 29.3 Å². The summed E-state index contributed by atoms with van der Waals surface area (Å²) in [7, 11) is 0. The number of hydrogen-bond acceptors (Lipinski definition) is 11. The molecule has 0 aromatic carbocycles. The van der Waals surface area contributed by atoms with Crippen molar-refractivity contribution in [3.05, 3.63) is 46.7 Å². The fourth-order valence-corrected chi connectivity index (χ4v) is 8.86. The second-order valence-corrected chi connectivity index (χ2v) is 14.1. The molecule has 6 heterocycles. The molecule has 0 saturated carbocycles. The molecule has 3 aliphatic heterocycles. The highest BCUT2D eigenvalue weighted by atomic mass is 32.1. The van der Waals surface area contributed by atoms with E-state index in [9.17, 15) is 10.1 Å². The molecule has 0 spiro atoms. The van der Waals surface area contributed by atoms with E-state index in [2.05, 4.69) is 45.5 Å². The maximum absolute atomic E-state index is 12.2. The van der Waals surface area contributed by atoms with Gasteiger partial charge in [0.1, 0.15) is 22.6 Å². The zero-order chi connectivity index (χ0) is 31.1. The number of hydrogen-bond donors (Lipinski definition) is 1. The van der Waals surface area contributed by atoms with Gasteiger partial charge in [-0.2, -0.15) is 10.2 Å². The number of likely N-dealkylation sites (tertiary alicyclic amines) is 1. The number of carbonyl (C=O) groups is 1. The van der Waals surface area contributed by atoms with Gasteiger partial charge < -0.3 is 25.0 Å². The SMILES string of the molecule is C=CC(=O)N1CCN(c2cc(-c3noc(C4(C)CCCc5sc(N)c(C#N)c54)n3)nc(N3CCC(N4CCCCC4)C3)c2)CC1. The van der Waals surface area contributed by atoms with Crippen LogP contribution in [0.1, 0.15) is 67.3 Å². The van der Waals surface area contributed by atoms with Crippen LogP contribution in [0.5, 0.6) is 0 Å². The Bertz CT molecular complexity index is 1630. The largest absolute Gasteiger partial charge is 0.389 e. The Morgan fingerprint density at radius 1 is 1.11 bits per heavy atom. The van der Waals surface area contributed by atoms with Crippen molar-refractivity contribution < 1.29 is 9.32 Å². The van der Waals surface area contributed by atoms with E-state index in [-0.39, 0.29) is 5.91 Å². The summed E-state index contributed by atoms with van der Waals surface area (Å²) in [5.41, 5.74) is 8.83. The molecule has 2 N–H and O–H groups in total. The third kappa shape index (κ3) is 5.46. The van der Waals surface area contributed by atoms with Crippen molar-refractivity contribution in [2.45, 2.75) is 63.3 Å². The predicted octanol–water partition coefficient (Wildman–Crippen LogP) is 4.19. The molecule has 45 heavy (non-hydrogen) atoms. The van der Waals surface area contributed by atoms with E-state index in [0.717, 1.165) is 60.7 Å². The topological polar surface area (TPSA) is 132 Å². The van der Waals surface area contributed by atoms with E-state index in [1.807, 2.05) is 11.0 Å². The van der Waals surface area contributed by atoms with Gasteiger partial charge in [-0.3, -0.25) is 9.69 Å². The number of aryl methyl sites for hydroxylation is 1. The highest BCUT2D eigenvalue weighted by Gasteiger charge is 2.43. The molecule has 3 fully saturated rings. The third-order valence-electron chi connectivity index (χ3n) is 10.2. The Balaban J connectivity index is 1.21. The molecule has 7 rings (SSSR count). The summed E-state index contributed by atoms with van der Waals surface area (Å²) in [4.78, 5) is 32.6. The number of nitriles is 1. The van der Waals surface area contributed by atoms with Crippen molar-refractivity contribution in [1.82, 2.24) is 24.9 Å². The Morgan fingerprint density at radius 3 is 2.67 bits per heavy atom. The Kier molecular flexibility index (Phi) is 8.00. The molecule has 11 nitrogen and oxygen atoms in total. The number of nitrogens with two attached hydrogens (primary N) is 1. The lowest BCUT2D eigenvalue weighted by Gasteiger charge is -2.36. The minimum absolute atomic E-state index is 0.0304. The molecule has 1 aliphatic carbocycles. The number of carbonyl (C=O) groups excluding carboxylic acids is 1. The lowest BCUT2D eigenvalue weighted by Crippen LogP contribution is -2.48. The molecular weight excluding hydrogens is 586 g/mol. The summed E-state index contributed by atoms with van der Waals surface area (Å²) in [6.07, 6.45) is 9.06. The molecule has 4 aliphatic rings. The lowest BCUT2D eigenvalue weighted by atomic mass is 9.72. The first-order valence-electron chi connectivity index (χ1n) is 16.2. The van der Waals surface area contributed by atoms with E-state index >= 15 is 0 Å². The Morgan fingerprint density at radius 2 is 1.91 bits per heavy atom. The summed E-state index contributed by atoms with van der Waals surface area (Å²) in [6.45, 7) is 12.7. The van der Waals surface area contributed by atoms with Gasteiger partial charge in [-0.25, -0.2) is 4.98 Å². The molecule has 2 unspecified atom stereocenters. The van der Waals surface area contributed by atoms with Crippen LogP contribution in [0.25, 0.3) is 11.5 Å². The first-order valence-corrected chi connectivity index (χ1v) is 17.0. The van der Waals surface area contributed by atoms with Crippen molar-refractivity contribution in [3.8, 4) is 17.6 Å². The second kappa shape index (κ2) is 12.1. The van der Waals surface area contributed by atoms with E-state index < -0.39 is 5.41 Å². The van der Waals surface area contributed by atoms with Crippen LogP contribution in [0.3, 0.4) is 0 Å². The monoisotopic (exact) mass is 627 g/mol. The number of fused-ring (bicyclic) bond motifs is 1. The summed E-state index contributed by atoms with van der Waals surface area (Å²) in [6, 6.07) is 7.09. The third-order valence-corrected chi connectivity index (χ3v) is 11.3. The van der Waals surface area contributed by atoms with Crippen LogP contribution in [-0.4, -0.2) is 89.2 Å². The average Bonchev–Trinajstić information content (AvgIpc) is 3.84. The number of nitrogens with zero attached hydrogens (tertiary/aromatic N) is 8. The van der Waals surface area contributed by atoms with Crippen LogP contribution in [0.4, 0.5) is 16.5 Å². The van der Waals surface area contributed by atoms with Gasteiger partial charge in [0.05, 0.1) is 11.0 Å². The molecule has 3 aromatic rings. The van der Waals surface area contributed by atoms with Crippen LogP contribution >= 0.6 is 11.3 Å². The number of nitrogen functional groups attached to an aromatic ring is 1. The molecule has 12 heteroatoms. The first-order chi connectivity index (χ1) is 21.9. The summed E-state index contributed by atoms with van der Waals surface area (Å²) in [5.74, 6) is 1.82. The predicted molar refractivity (Wildman–Crippen MR) is 175 cm³/mol. The first kappa shape index (κ1) is 29.7. The smallest absolute Gasteiger partial charge is 0.246 e. The van der Waals surface area contributed by atoms with Gasteiger partial charge in [-0.1, -0.05) is 18.2 Å². The van der Waals surface area contributed by atoms with Crippen molar-refractivity contribution >= 4 is 33.8 Å². The minimum atomic E-state index is -0.594. The molecule has 3 saturated heterocycles. The fraction of sp³-hybridized carbons (Fsp3) is 0.545. The number of aromatic nitrogens is 3. The van der Waals surface area contributed by atoms with Gasteiger partial charge in [0.15, 0.2) is 0 Å². The van der Waals surface area contributed by atoms with E-state index in [0.29, 0.717) is 60.2 Å². The summed E-state index contributed by atoms with van der Waals surface area (Å²) >= 11 is 1.50. The highest BCUT2D eigenvalue weighted by Crippen LogP contribution is 2.48. The van der Waals surface area contributed by atoms with Crippen LogP contribution in [0.2, 0.25) is 0 Å². The van der Waals surface area contributed by atoms with Crippen LogP contribution < -0.4 is 15.5 Å². The van der Waals surface area contributed by atoms with Crippen LogP contribution in [-0.2, 0) is 16.6 Å². The zero-order valence-electron chi connectivity index (χ0n) is 26.0. The quantitative estimate of drug-likeness (QED) is 0.397. The molecule has 1 amide bonds. The second-order valence-electron chi connectivity index (χ2n) is 12.9. The van der Waals surface area contributed by atoms with Crippen LogP contribution in [0, 0.1) is 11.3 Å². The molecule has 3 aromatic heterocycles. The van der Waals surface area contributed by atoms with Gasteiger partial charge in [-0.05, 0) is 70.7 Å². The van der Waals surface area contributed by atoms with E-state index in [4.69, 9.17) is 20.2 Å². The van der Waals surface area contributed by atoms with Crippen molar-refractivity contribution in [2.75, 3.05) is 67.9 Å². The summed E-state index contributed by atoms with van der Waals surface area (Å²) in [5, 5.41) is 15.0. The normalized spacial score (nSPS) is 24.0. The van der Waals surface area contributed by atoms with Gasteiger partial charge in [-0.15, -0.1) is 11.3 Å². The number of pyridine rings is 1. The number of piperazine rings is 1. The van der Waals surface area contributed by atoms with Gasteiger partial charge in [0, 0.05) is 67.5 Å². The Hall–Kier alpha value is -3.95. The van der Waals surface area contributed by atoms with Gasteiger partial charge in [0.25, 0.3) is 0 Å². The minimum Gasteiger partial charge on any atom is -0.389 e. The molecule has 0 bridgehead atoms. The Labute approximate surface area is 268 Å². The molecular formula is C33H41N9O2S. The summed E-state index contributed by atoms with van der Waals surface area (Å²) < 4.78 is 5.99. The van der Waals surface area contributed by atoms with Crippen molar-refractivity contribution in [3.63, 3.8) is 0 Å². The lowest BCUT2D eigenvalue weighted by molar-refractivity contribution is -0.126.